The molecule has 0 bridgehead atoms. The lowest BCUT2D eigenvalue weighted by Gasteiger charge is -2.08. The summed E-state index contributed by atoms with van der Waals surface area (Å²) in [5.41, 5.74) is 1.34. The third-order valence-corrected chi connectivity index (χ3v) is 3.10. The Balaban J connectivity index is 2.38. The van der Waals surface area contributed by atoms with Crippen molar-refractivity contribution in [2.75, 3.05) is 6.61 Å². The van der Waals surface area contributed by atoms with Gasteiger partial charge in [-0.05, 0) is 39.0 Å². The van der Waals surface area contributed by atoms with Crippen LogP contribution >= 0.6 is 0 Å². The molecule has 0 spiro atoms. The van der Waals surface area contributed by atoms with Crippen LogP contribution in [0.25, 0.3) is 12.2 Å². The molecule has 0 N–H and O–H groups in total. The molecule has 22 heavy (non-hydrogen) atoms. The molecule has 0 aliphatic rings. The second-order valence-corrected chi connectivity index (χ2v) is 4.98. The Hall–Kier alpha value is -2.63. The van der Waals surface area contributed by atoms with Crippen LogP contribution in [0.5, 0.6) is 0 Å². The van der Waals surface area contributed by atoms with Crippen molar-refractivity contribution in [1.29, 1.82) is 0 Å². The Morgan fingerprint density at radius 3 is 2.91 bits per heavy atom. The summed E-state index contributed by atoms with van der Waals surface area (Å²) in [6.07, 6.45) is 6.42. The number of nitrogens with zero attached hydrogens (tertiary/aromatic N) is 3. The van der Waals surface area contributed by atoms with Crippen molar-refractivity contribution in [2.24, 2.45) is 0 Å². The summed E-state index contributed by atoms with van der Waals surface area (Å²) in [5, 5.41) is 16.2. The number of carbonyl (C=O) groups is 1. The highest BCUT2D eigenvalue weighted by atomic mass is 16.5. The summed E-state index contributed by atoms with van der Waals surface area (Å²) in [4.78, 5) is 11.9. The maximum Gasteiger partial charge on any atom is 0.344 e. The molecular formula is C16H19N3O3. The number of aromatic nitrogens is 3. The van der Waals surface area contributed by atoms with Crippen molar-refractivity contribution in [3.8, 4) is 0 Å². The zero-order valence-electron chi connectivity index (χ0n) is 12.9. The minimum Gasteiger partial charge on any atom is -0.618 e. The van der Waals surface area contributed by atoms with Crippen molar-refractivity contribution in [3.63, 3.8) is 0 Å². The maximum atomic E-state index is 12.0. The minimum atomic E-state index is -0.510. The van der Waals surface area contributed by atoms with Gasteiger partial charge in [0.15, 0.2) is 6.20 Å². The Morgan fingerprint density at radius 2 is 2.23 bits per heavy atom. The predicted octanol–water partition coefficient (Wildman–Crippen LogP) is 2.44. The van der Waals surface area contributed by atoms with Gasteiger partial charge in [-0.15, -0.1) is 0 Å². The molecule has 0 amide bonds. The van der Waals surface area contributed by atoms with Gasteiger partial charge in [0.2, 0.25) is 5.69 Å². The molecule has 6 nitrogen and oxygen atoms in total. The molecule has 0 radical (unpaired) electrons. The highest BCUT2D eigenvalue weighted by Crippen LogP contribution is 2.13. The summed E-state index contributed by atoms with van der Waals surface area (Å²) in [5.74, 6) is -0.510. The number of carbonyl (C=O) groups excluding carboxylic acids is 1. The molecule has 0 unspecified atom stereocenters. The number of hydrogen-bond donors (Lipinski definition) is 0. The summed E-state index contributed by atoms with van der Waals surface area (Å²) in [6.45, 7) is 6.02. The van der Waals surface area contributed by atoms with E-state index in [4.69, 9.17) is 4.74 Å². The number of rotatable bonds is 5. The first-order chi connectivity index (χ1) is 10.5. The first-order valence-corrected chi connectivity index (χ1v) is 7.15. The molecule has 0 saturated carbocycles. The molecule has 0 fully saturated rings. The average molecular weight is 301 g/mol. The van der Waals surface area contributed by atoms with Gasteiger partial charge in [0.05, 0.1) is 12.3 Å². The van der Waals surface area contributed by atoms with Gasteiger partial charge in [0, 0.05) is 24.4 Å². The second-order valence-electron chi connectivity index (χ2n) is 4.98. The van der Waals surface area contributed by atoms with E-state index in [0.29, 0.717) is 4.73 Å². The van der Waals surface area contributed by atoms with Crippen molar-refractivity contribution in [3.05, 3.63) is 52.8 Å². The third-order valence-electron chi connectivity index (χ3n) is 3.10. The van der Waals surface area contributed by atoms with E-state index in [0.717, 1.165) is 5.69 Å². The van der Waals surface area contributed by atoms with Crippen LogP contribution in [0.2, 0.25) is 0 Å². The van der Waals surface area contributed by atoms with Gasteiger partial charge in [-0.1, -0.05) is 0 Å². The van der Waals surface area contributed by atoms with Gasteiger partial charge >= 0.3 is 5.97 Å². The zero-order chi connectivity index (χ0) is 16.1. The van der Waals surface area contributed by atoms with Crippen molar-refractivity contribution < 1.29 is 14.3 Å². The highest BCUT2D eigenvalue weighted by molar-refractivity contribution is 5.93. The number of pyridine rings is 1. The average Bonchev–Trinajstić information content (AvgIpc) is 2.94. The molecule has 0 aromatic carbocycles. The summed E-state index contributed by atoms with van der Waals surface area (Å²) in [6, 6.07) is 5.15. The SMILES string of the molecule is CCOC(=O)c1ccc[n+]([O-])c1C=Cc1ccnn1C(C)C. The molecule has 2 aromatic rings. The van der Waals surface area contributed by atoms with Crippen LogP contribution in [0.1, 0.15) is 48.6 Å². The second kappa shape index (κ2) is 6.89. The van der Waals surface area contributed by atoms with E-state index in [1.807, 2.05) is 24.6 Å². The fourth-order valence-corrected chi connectivity index (χ4v) is 2.10. The molecule has 2 aromatic heterocycles. The van der Waals surface area contributed by atoms with E-state index in [9.17, 15) is 10.0 Å². The normalized spacial score (nSPS) is 11.3. The fraction of sp³-hybridized carbons (Fsp3) is 0.312. The predicted molar refractivity (Wildman–Crippen MR) is 82.9 cm³/mol. The van der Waals surface area contributed by atoms with Crippen molar-refractivity contribution in [1.82, 2.24) is 9.78 Å². The molecule has 0 aliphatic heterocycles. The maximum absolute atomic E-state index is 12.0. The van der Waals surface area contributed by atoms with E-state index < -0.39 is 5.97 Å². The van der Waals surface area contributed by atoms with E-state index in [1.165, 1.54) is 12.3 Å². The van der Waals surface area contributed by atoms with Crippen molar-refractivity contribution in [2.45, 2.75) is 26.8 Å². The van der Waals surface area contributed by atoms with Gasteiger partial charge < -0.3 is 9.94 Å². The summed E-state index contributed by atoms with van der Waals surface area (Å²) < 4.78 is 7.46. The van der Waals surface area contributed by atoms with E-state index in [1.54, 1.807) is 31.3 Å². The first kappa shape index (κ1) is 15.8. The molecule has 6 heteroatoms. The van der Waals surface area contributed by atoms with Crippen LogP contribution in [0.3, 0.4) is 0 Å². The molecule has 0 atom stereocenters. The lowest BCUT2D eigenvalue weighted by atomic mass is 10.1. The smallest absolute Gasteiger partial charge is 0.344 e. The molecule has 2 heterocycles. The van der Waals surface area contributed by atoms with Gasteiger partial charge in [0.25, 0.3) is 0 Å². The van der Waals surface area contributed by atoms with Gasteiger partial charge in [-0.2, -0.15) is 9.83 Å². The standard InChI is InChI=1S/C16H19N3O3/c1-4-22-16(20)14-6-5-11-18(21)15(14)8-7-13-9-10-17-19(13)12(2)3/h5-12H,4H2,1-3H3. The van der Waals surface area contributed by atoms with Crippen LogP contribution < -0.4 is 4.73 Å². The number of esters is 1. The Morgan fingerprint density at radius 1 is 1.45 bits per heavy atom. The van der Waals surface area contributed by atoms with Gasteiger partial charge in [-0.25, -0.2) is 4.79 Å². The summed E-state index contributed by atoms with van der Waals surface area (Å²) in [7, 11) is 0. The number of ether oxygens (including phenoxy) is 1. The van der Waals surface area contributed by atoms with Gasteiger partial charge in [0.1, 0.15) is 5.56 Å². The van der Waals surface area contributed by atoms with E-state index >= 15 is 0 Å². The van der Waals surface area contributed by atoms with Crippen LogP contribution in [-0.2, 0) is 4.74 Å². The lowest BCUT2D eigenvalue weighted by molar-refractivity contribution is -0.607. The zero-order valence-corrected chi connectivity index (χ0v) is 12.9. The highest BCUT2D eigenvalue weighted by Gasteiger charge is 2.17. The van der Waals surface area contributed by atoms with Crippen LogP contribution in [0.15, 0.2) is 30.6 Å². The molecule has 0 aliphatic carbocycles. The van der Waals surface area contributed by atoms with Crippen molar-refractivity contribution >= 4 is 18.1 Å². The van der Waals surface area contributed by atoms with Crippen LogP contribution in [0.4, 0.5) is 0 Å². The quantitative estimate of drug-likeness (QED) is 0.483. The third kappa shape index (κ3) is 3.33. The lowest BCUT2D eigenvalue weighted by Crippen LogP contribution is -2.31. The first-order valence-electron chi connectivity index (χ1n) is 7.15. The Labute approximate surface area is 129 Å². The van der Waals surface area contributed by atoms with E-state index in [-0.39, 0.29) is 23.9 Å². The topological polar surface area (TPSA) is 71.1 Å². The fourth-order valence-electron chi connectivity index (χ4n) is 2.10. The minimum absolute atomic E-state index is 0.203. The molecule has 2 rings (SSSR count). The van der Waals surface area contributed by atoms with Crippen LogP contribution in [-0.4, -0.2) is 22.4 Å². The van der Waals surface area contributed by atoms with E-state index in [2.05, 4.69) is 5.10 Å². The summed E-state index contributed by atoms with van der Waals surface area (Å²) >= 11 is 0. The largest absolute Gasteiger partial charge is 0.618 e. The number of hydrogen-bond acceptors (Lipinski definition) is 4. The molecular weight excluding hydrogens is 282 g/mol. The van der Waals surface area contributed by atoms with Gasteiger partial charge in [-0.3, -0.25) is 4.68 Å². The monoisotopic (exact) mass is 301 g/mol. The Bertz CT molecular complexity index is 690. The molecule has 116 valence electrons. The van der Waals surface area contributed by atoms with Crippen LogP contribution in [0, 0.1) is 5.21 Å². The molecule has 0 saturated heterocycles. The Kier molecular flexibility index (Phi) is 4.93.